The van der Waals surface area contributed by atoms with Crippen LogP contribution in [0.25, 0.3) is 0 Å². The van der Waals surface area contributed by atoms with Gasteiger partial charge in [0.15, 0.2) is 6.29 Å². The van der Waals surface area contributed by atoms with E-state index in [1.807, 2.05) is 6.07 Å². The molecule has 1 rings (SSSR count). The Labute approximate surface area is 76.8 Å². The van der Waals surface area contributed by atoms with E-state index >= 15 is 0 Å². The first-order valence-corrected chi connectivity index (χ1v) is 3.99. The summed E-state index contributed by atoms with van der Waals surface area (Å²) in [6.45, 7) is 0.228. The number of hydrogen-bond donors (Lipinski definition) is 1. The molecule has 1 saturated heterocycles. The van der Waals surface area contributed by atoms with E-state index in [9.17, 15) is 5.11 Å². The third-order valence-corrected chi connectivity index (χ3v) is 2.12. The van der Waals surface area contributed by atoms with E-state index in [1.54, 1.807) is 0 Å². The molecule has 0 saturated carbocycles. The van der Waals surface area contributed by atoms with Gasteiger partial charge in [-0.05, 0) is 0 Å². The maximum absolute atomic E-state index is 9.57. The van der Waals surface area contributed by atoms with Crippen molar-refractivity contribution in [2.24, 2.45) is 5.92 Å². The van der Waals surface area contributed by atoms with Crippen LogP contribution in [0.15, 0.2) is 0 Å². The van der Waals surface area contributed by atoms with Gasteiger partial charge in [0.05, 0.1) is 18.6 Å². The zero-order valence-corrected chi connectivity index (χ0v) is 7.64. The molecular formula is C8H13NO4. The van der Waals surface area contributed by atoms with Crippen molar-refractivity contribution < 1.29 is 19.3 Å². The molecule has 0 radical (unpaired) electrons. The van der Waals surface area contributed by atoms with Crippen LogP contribution in [0.2, 0.25) is 0 Å². The molecule has 0 spiro atoms. The average molecular weight is 187 g/mol. The summed E-state index contributed by atoms with van der Waals surface area (Å²) in [5.74, 6) is -0.488. The van der Waals surface area contributed by atoms with E-state index in [0.717, 1.165) is 0 Å². The van der Waals surface area contributed by atoms with Crippen molar-refractivity contribution in [3.8, 4) is 6.07 Å². The Hall–Kier alpha value is -0.670. The van der Waals surface area contributed by atoms with Crippen LogP contribution in [0.1, 0.15) is 0 Å². The number of nitrogens with zero attached hydrogens (tertiary/aromatic N) is 1. The Bertz CT molecular complexity index is 199. The normalized spacial score (nSPS) is 33.6. The summed E-state index contributed by atoms with van der Waals surface area (Å²) in [5.41, 5.74) is 0. The molecule has 74 valence electrons. The monoisotopic (exact) mass is 187 g/mol. The molecule has 3 atom stereocenters. The number of nitriles is 1. The second kappa shape index (κ2) is 4.53. The van der Waals surface area contributed by atoms with Gasteiger partial charge in [0, 0.05) is 14.2 Å². The van der Waals surface area contributed by atoms with Gasteiger partial charge in [-0.1, -0.05) is 0 Å². The van der Waals surface area contributed by atoms with Crippen LogP contribution in [0.3, 0.4) is 0 Å². The summed E-state index contributed by atoms with van der Waals surface area (Å²) >= 11 is 0. The van der Waals surface area contributed by atoms with E-state index in [-0.39, 0.29) is 6.61 Å². The molecule has 1 aliphatic heterocycles. The van der Waals surface area contributed by atoms with E-state index in [1.165, 1.54) is 14.2 Å². The fourth-order valence-electron chi connectivity index (χ4n) is 1.36. The molecule has 1 fully saturated rings. The zero-order valence-electron chi connectivity index (χ0n) is 7.64. The largest absolute Gasteiger partial charge is 0.389 e. The first kappa shape index (κ1) is 10.4. The number of ether oxygens (including phenoxy) is 3. The van der Waals surface area contributed by atoms with Crippen molar-refractivity contribution in [2.45, 2.75) is 18.5 Å². The van der Waals surface area contributed by atoms with Crippen LogP contribution >= 0.6 is 0 Å². The summed E-state index contributed by atoms with van der Waals surface area (Å²) in [6, 6.07) is 1.96. The molecule has 0 aromatic carbocycles. The first-order chi connectivity index (χ1) is 6.24. The molecule has 1 aliphatic rings. The fourth-order valence-corrected chi connectivity index (χ4v) is 1.36. The molecular weight excluding hydrogens is 174 g/mol. The highest BCUT2D eigenvalue weighted by Gasteiger charge is 2.41. The van der Waals surface area contributed by atoms with Gasteiger partial charge in [-0.2, -0.15) is 5.26 Å². The van der Waals surface area contributed by atoms with E-state index < -0.39 is 24.4 Å². The molecule has 13 heavy (non-hydrogen) atoms. The minimum atomic E-state index is -0.838. The van der Waals surface area contributed by atoms with E-state index in [2.05, 4.69) is 0 Å². The summed E-state index contributed by atoms with van der Waals surface area (Å²) < 4.78 is 15.1. The highest BCUT2D eigenvalue weighted by atomic mass is 16.7. The van der Waals surface area contributed by atoms with Crippen molar-refractivity contribution >= 4 is 0 Å². The molecule has 0 amide bonds. The fraction of sp³-hybridized carbons (Fsp3) is 0.875. The third-order valence-electron chi connectivity index (χ3n) is 2.12. The maximum Gasteiger partial charge on any atom is 0.185 e. The van der Waals surface area contributed by atoms with Gasteiger partial charge in [-0.3, -0.25) is 0 Å². The van der Waals surface area contributed by atoms with Gasteiger partial charge in [0.2, 0.25) is 0 Å². The number of rotatable bonds is 3. The lowest BCUT2D eigenvalue weighted by molar-refractivity contribution is -0.184. The van der Waals surface area contributed by atoms with Crippen LogP contribution in [0, 0.1) is 17.2 Å². The van der Waals surface area contributed by atoms with Crippen molar-refractivity contribution in [1.29, 1.82) is 5.26 Å². The van der Waals surface area contributed by atoms with Crippen LogP contribution in [0.4, 0.5) is 0 Å². The predicted octanol–water partition coefficient (Wildman–Crippen LogP) is -0.495. The minimum absolute atomic E-state index is 0.228. The predicted molar refractivity (Wildman–Crippen MR) is 42.7 cm³/mol. The molecule has 5 heteroatoms. The lowest BCUT2D eigenvalue weighted by atomic mass is 10.0. The minimum Gasteiger partial charge on any atom is -0.389 e. The van der Waals surface area contributed by atoms with Gasteiger partial charge >= 0.3 is 0 Å². The molecule has 1 heterocycles. The number of hydrogen-bond acceptors (Lipinski definition) is 5. The van der Waals surface area contributed by atoms with Gasteiger partial charge < -0.3 is 19.3 Å². The van der Waals surface area contributed by atoms with E-state index in [4.69, 9.17) is 19.5 Å². The van der Waals surface area contributed by atoms with Crippen LogP contribution in [0.5, 0.6) is 0 Å². The molecule has 2 unspecified atom stereocenters. The first-order valence-electron chi connectivity index (χ1n) is 3.99. The van der Waals surface area contributed by atoms with Gasteiger partial charge in [0.25, 0.3) is 0 Å². The number of aliphatic hydroxyl groups excluding tert-OH is 1. The molecule has 0 aromatic heterocycles. The van der Waals surface area contributed by atoms with E-state index in [0.29, 0.717) is 0 Å². The summed E-state index contributed by atoms with van der Waals surface area (Å²) in [6.07, 6.45) is -2.03. The average Bonchev–Trinajstić information content (AvgIpc) is 2.50. The highest BCUT2D eigenvalue weighted by Crippen LogP contribution is 2.23. The van der Waals surface area contributed by atoms with Crippen molar-refractivity contribution in [1.82, 2.24) is 0 Å². The number of aliphatic hydroxyl groups is 1. The topological polar surface area (TPSA) is 71.7 Å². The van der Waals surface area contributed by atoms with Crippen molar-refractivity contribution in [3.63, 3.8) is 0 Å². The smallest absolute Gasteiger partial charge is 0.185 e. The van der Waals surface area contributed by atoms with Crippen LogP contribution in [-0.2, 0) is 14.2 Å². The maximum atomic E-state index is 9.57. The molecule has 1 N–H and O–H groups in total. The SMILES string of the molecule is COC(OC)C1OC[C@@H](C#N)C1O. The second-order valence-corrected chi connectivity index (χ2v) is 2.86. The standard InChI is InChI=1S/C8H13NO4/c1-11-8(12-2)7-6(10)5(3-9)4-13-7/h5-8,10H,4H2,1-2H3/t5-,6?,7?/m1/s1. The Balaban J connectivity index is 2.58. The molecule has 0 bridgehead atoms. The van der Waals surface area contributed by atoms with Gasteiger partial charge in [-0.15, -0.1) is 0 Å². The molecule has 5 nitrogen and oxygen atoms in total. The van der Waals surface area contributed by atoms with Crippen molar-refractivity contribution in [3.05, 3.63) is 0 Å². The summed E-state index contributed by atoms with van der Waals surface area (Å²) in [4.78, 5) is 0. The van der Waals surface area contributed by atoms with Crippen LogP contribution in [-0.4, -0.2) is 44.4 Å². The van der Waals surface area contributed by atoms with Crippen LogP contribution < -0.4 is 0 Å². The zero-order chi connectivity index (χ0) is 9.84. The lowest BCUT2D eigenvalue weighted by Crippen LogP contribution is -2.38. The highest BCUT2D eigenvalue weighted by molar-refractivity contribution is 4.97. The Morgan fingerprint density at radius 3 is 2.54 bits per heavy atom. The third kappa shape index (κ3) is 1.98. The summed E-state index contributed by atoms with van der Waals surface area (Å²) in [5, 5.41) is 18.2. The molecule has 0 aliphatic carbocycles. The van der Waals surface area contributed by atoms with Gasteiger partial charge in [0.1, 0.15) is 12.2 Å². The Morgan fingerprint density at radius 2 is 2.15 bits per heavy atom. The summed E-state index contributed by atoms with van der Waals surface area (Å²) in [7, 11) is 2.92. The van der Waals surface area contributed by atoms with Crippen molar-refractivity contribution in [2.75, 3.05) is 20.8 Å². The Morgan fingerprint density at radius 1 is 1.54 bits per heavy atom. The Kier molecular flexibility index (Phi) is 3.63. The molecule has 0 aromatic rings. The second-order valence-electron chi connectivity index (χ2n) is 2.86. The lowest BCUT2D eigenvalue weighted by Gasteiger charge is -2.22. The quantitative estimate of drug-likeness (QED) is 0.603. The number of methoxy groups -OCH3 is 2. The van der Waals surface area contributed by atoms with Gasteiger partial charge in [-0.25, -0.2) is 0 Å².